The zero-order valence-corrected chi connectivity index (χ0v) is 28.1. The Bertz CT molecular complexity index is 1130. The second-order valence-corrected chi connectivity index (χ2v) is 13.3. The summed E-state index contributed by atoms with van der Waals surface area (Å²) in [7, 11) is 0. The summed E-state index contributed by atoms with van der Waals surface area (Å²) in [5, 5.41) is 4.60. The molecule has 1 saturated heterocycles. The minimum absolute atomic E-state index is 0.0141. The number of carbonyl (C=O) groups is 2. The van der Waals surface area contributed by atoms with Crippen molar-refractivity contribution in [3.63, 3.8) is 0 Å². The van der Waals surface area contributed by atoms with Gasteiger partial charge in [0.05, 0.1) is 12.6 Å². The minimum atomic E-state index is -0.578. The molecular formula is C34H50Cl2N4O3. The number of ether oxygens (including phenoxy) is 1. The van der Waals surface area contributed by atoms with Gasteiger partial charge in [-0.25, -0.2) is 0 Å². The van der Waals surface area contributed by atoms with Gasteiger partial charge < -0.3 is 14.5 Å². The third-order valence-corrected chi connectivity index (χ3v) is 8.49. The van der Waals surface area contributed by atoms with E-state index in [4.69, 9.17) is 27.9 Å². The van der Waals surface area contributed by atoms with Crippen LogP contribution >= 0.6 is 23.2 Å². The molecule has 0 aromatic heterocycles. The summed E-state index contributed by atoms with van der Waals surface area (Å²) >= 11 is 12.2. The van der Waals surface area contributed by atoms with E-state index in [1.165, 1.54) is 5.56 Å². The van der Waals surface area contributed by atoms with Crippen LogP contribution in [0.25, 0.3) is 0 Å². The Balaban J connectivity index is 1.54. The first-order valence-electron chi connectivity index (χ1n) is 15.7. The van der Waals surface area contributed by atoms with Crippen LogP contribution in [0.2, 0.25) is 10.0 Å². The molecule has 2 aromatic rings. The second-order valence-electron chi connectivity index (χ2n) is 12.4. The minimum Gasteiger partial charge on any atom is -0.459 e. The van der Waals surface area contributed by atoms with Crippen LogP contribution in [0.5, 0.6) is 0 Å². The monoisotopic (exact) mass is 632 g/mol. The molecule has 0 saturated carbocycles. The molecule has 7 nitrogen and oxygen atoms in total. The Hall–Kier alpha value is -2.16. The lowest BCUT2D eigenvalue weighted by Crippen LogP contribution is -2.55. The van der Waals surface area contributed by atoms with E-state index in [1.54, 1.807) is 0 Å². The number of halogens is 2. The van der Waals surface area contributed by atoms with E-state index < -0.39 is 11.6 Å². The van der Waals surface area contributed by atoms with Crippen LogP contribution in [-0.2, 0) is 20.7 Å². The van der Waals surface area contributed by atoms with Crippen molar-refractivity contribution in [1.29, 1.82) is 0 Å². The molecule has 43 heavy (non-hydrogen) atoms. The van der Waals surface area contributed by atoms with Gasteiger partial charge in [0, 0.05) is 42.8 Å². The van der Waals surface area contributed by atoms with Crippen molar-refractivity contribution >= 4 is 35.1 Å². The first kappa shape index (κ1) is 35.3. The van der Waals surface area contributed by atoms with E-state index in [1.807, 2.05) is 62.1 Å². The first-order chi connectivity index (χ1) is 20.5. The Kier molecular flexibility index (Phi) is 14.3. The number of piperazine rings is 1. The normalized spacial score (nSPS) is 15.9. The van der Waals surface area contributed by atoms with Crippen molar-refractivity contribution in [2.75, 3.05) is 58.9 Å². The molecule has 1 N–H and O–H groups in total. The smallest absolute Gasteiger partial charge is 0.320 e. The van der Waals surface area contributed by atoms with Gasteiger partial charge >= 0.3 is 5.97 Å². The number of esters is 1. The fourth-order valence-electron chi connectivity index (χ4n) is 5.55. The summed E-state index contributed by atoms with van der Waals surface area (Å²) in [4.78, 5) is 33.0. The highest BCUT2D eigenvalue weighted by atomic mass is 35.5. The average Bonchev–Trinajstić information content (AvgIpc) is 2.97. The van der Waals surface area contributed by atoms with Gasteiger partial charge in [-0.3, -0.25) is 19.8 Å². The number of benzene rings is 2. The van der Waals surface area contributed by atoms with Crippen LogP contribution in [0, 0.1) is 0 Å². The third-order valence-electron chi connectivity index (χ3n) is 7.99. The number of amides is 1. The lowest BCUT2D eigenvalue weighted by Gasteiger charge is -2.37. The Morgan fingerprint density at radius 3 is 2.07 bits per heavy atom. The maximum atomic E-state index is 13.7. The van der Waals surface area contributed by atoms with Gasteiger partial charge in [0.2, 0.25) is 5.91 Å². The maximum absolute atomic E-state index is 13.7. The molecule has 2 aromatic carbocycles. The van der Waals surface area contributed by atoms with E-state index in [2.05, 4.69) is 41.1 Å². The van der Waals surface area contributed by atoms with Crippen molar-refractivity contribution < 1.29 is 14.3 Å². The zero-order chi connectivity index (χ0) is 31.4. The van der Waals surface area contributed by atoms with E-state index in [9.17, 15) is 9.59 Å². The molecule has 1 aliphatic rings. The van der Waals surface area contributed by atoms with Crippen molar-refractivity contribution in [1.82, 2.24) is 20.0 Å². The number of nitrogens with one attached hydrogen (secondary N) is 1. The van der Waals surface area contributed by atoms with Gasteiger partial charge in [-0.15, -0.1) is 0 Å². The topological polar surface area (TPSA) is 65.1 Å². The Morgan fingerprint density at radius 2 is 1.51 bits per heavy atom. The summed E-state index contributed by atoms with van der Waals surface area (Å²) < 4.78 is 5.46. The lowest BCUT2D eigenvalue weighted by atomic mass is 9.93. The van der Waals surface area contributed by atoms with Crippen LogP contribution in [-0.4, -0.2) is 97.1 Å². The Labute approximate surface area is 268 Å². The highest BCUT2D eigenvalue weighted by molar-refractivity contribution is 6.30. The number of carbonyl (C=O) groups excluding carboxylic acids is 2. The number of nitrogens with zero attached hydrogens (tertiary/aromatic N) is 3. The molecule has 2 unspecified atom stereocenters. The van der Waals surface area contributed by atoms with Gasteiger partial charge in [0.25, 0.3) is 0 Å². The molecule has 9 heteroatoms. The van der Waals surface area contributed by atoms with E-state index >= 15 is 0 Å². The van der Waals surface area contributed by atoms with Gasteiger partial charge in [-0.2, -0.15) is 0 Å². The summed E-state index contributed by atoms with van der Waals surface area (Å²) in [6, 6.07) is 15.3. The molecule has 2 atom stereocenters. The van der Waals surface area contributed by atoms with E-state index in [0.29, 0.717) is 30.5 Å². The molecule has 1 fully saturated rings. The highest BCUT2D eigenvalue weighted by Gasteiger charge is 2.29. The summed E-state index contributed by atoms with van der Waals surface area (Å²) in [6.45, 7) is 17.1. The zero-order valence-electron chi connectivity index (χ0n) is 26.6. The fraction of sp³-hybridized carbons (Fsp3) is 0.588. The predicted octanol–water partition coefficient (Wildman–Crippen LogP) is 5.89. The molecular weight excluding hydrogens is 583 g/mol. The number of rotatable bonds is 15. The van der Waals surface area contributed by atoms with Crippen molar-refractivity contribution in [3.8, 4) is 0 Å². The molecule has 0 aliphatic carbocycles. The maximum Gasteiger partial charge on any atom is 0.320 e. The van der Waals surface area contributed by atoms with Gasteiger partial charge in [-0.1, -0.05) is 61.3 Å². The van der Waals surface area contributed by atoms with Gasteiger partial charge in [-0.05, 0) is 101 Å². The molecule has 1 heterocycles. The molecule has 1 amide bonds. The molecule has 0 radical (unpaired) electrons. The quantitative estimate of drug-likeness (QED) is 0.247. The third kappa shape index (κ3) is 12.4. The van der Waals surface area contributed by atoms with Crippen molar-refractivity contribution in [2.45, 2.75) is 71.4 Å². The molecule has 238 valence electrons. The van der Waals surface area contributed by atoms with Crippen LogP contribution in [0.15, 0.2) is 48.5 Å². The molecule has 0 bridgehead atoms. The first-order valence-corrected chi connectivity index (χ1v) is 16.4. The highest BCUT2D eigenvalue weighted by Crippen LogP contribution is 2.25. The average molecular weight is 634 g/mol. The van der Waals surface area contributed by atoms with E-state index in [-0.39, 0.29) is 18.4 Å². The summed E-state index contributed by atoms with van der Waals surface area (Å²) in [6.07, 6.45) is 2.67. The van der Waals surface area contributed by atoms with Crippen LogP contribution in [0.4, 0.5) is 0 Å². The van der Waals surface area contributed by atoms with Crippen LogP contribution in [0.3, 0.4) is 0 Å². The predicted molar refractivity (Wildman–Crippen MR) is 177 cm³/mol. The molecule has 0 spiro atoms. The standard InChI is InChI=1S/C34H50Cl2N4O3/c1-6-38(7-2)25-28(27-12-16-30(36)17-13-27)9-8-18-39-19-21-40(22-20-39)33(42)31(23-26-10-14-29(35)15-11-26)37-24-32(41)43-34(3,4)5/h10-17,28,31,37H,6-9,18-25H2,1-5H3. The van der Waals surface area contributed by atoms with E-state index in [0.717, 1.165) is 62.7 Å². The summed E-state index contributed by atoms with van der Waals surface area (Å²) in [5.74, 6) is 0.106. The van der Waals surface area contributed by atoms with Crippen LogP contribution < -0.4 is 5.32 Å². The number of likely N-dealkylation sites (N-methyl/N-ethyl adjacent to an activating group) is 1. The molecule has 1 aliphatic heterocycles. The molecule has 3 rings (SSSR count). The number of hydrogen-bond acceptors (Lipinski definition) is 6. The van der Waals surface area contributed by atoms with Crippen LogP contribution in [0.1, 0.15) is 64.5 Å². The largest absolute Gasteiger partial charge is 0.459 e. The second kappa shape index (κ2) is 17.4. The lowest BCUT2D eigenvalue weighted by molar-refractivity contribution is -0.153. The van der Waals surface area contributed by atoms with Gasteiger partial charge in [0.15, 0.2) is 0 Å². The fourth-order valence-corrected chi connectivity index (χ4v) is 5.80. The van der Waals surface area contributed by atoms with Gasteiger partial charge in [0.1, 0.15) is 5.60 Å². The van der Waals surface area contributed by atoms with Crippen molar-refractivity contribution in [3.05, 3.63) is 69.7 Å². The number of hydrogen-bond donors (Lipinski definition) is 1. The SMILES string of the molecule is CCN(CC)CC(CCCN1CCN(C(=O)C(Cc2ccc(Cl)cc2)NCC(=O)OC(C)(C)C)CC1)c1ccc(Cl)cc1. The van der Waals surface area contributed by atoms with Crippen molar-refractivity contribution in [2.24, 2.45) is 0 Å². The Morgan fingerprint density at radius 1 is 0.930 bits per heavy atom. The summed E-state index contributed by atoms with van der Waals surface area (Å²) in [5.41, 5.74) is 1.75.